The van der Waals surface area contributed by atoms with Crippen LogP contribution in [0.3, 0.4) is 0 Å². The minimum absolute atomic E-state index is 0.0688. The van der Waals surface area contributed by atoms with Gasteiger partial charge in [0.1, 0.15) is 5.75 Å². The van der Waals surface area contributed by atoms with Crippen LogP contribution in [0.25, 0.3) is 0 Å². The van der Waals surface area contributed by atoms with Crippen molar-refractivity contribution in [1.82, 2.24) is 4.90 Å². The van der Waals surface area contributed by atoms with E-state index in [0.29, 0.717) is 6.54 Å². The Bertz CT molecular complexity index is 404. The zero-order valence-corrected chi connectivity index (χ0v) is 12.4. The smallest absolute Gasteiger partial charge is 0.118 e. The lowest BCUT2D eigenvalue weighted by Crippen LogP contribution is -2.52. The Hall–Kier alpha value is -1.06. The number of ether oxygens (including phenoxy) is 1. The van der Waals surface area contributed by atoms with E-state index in [0.717, 1.165) is 18.1 Å². The second-order valence-electron chi connectivity index (χ2n) is 6.07. The second kappa shape index (κ2) is 5.93. The molecule has 1 fully saturated rings. The van der Waals surface area contributed by atoms with Crippen LogP contribution in [0.2, 0.25) is 0 Å². The minimum Gasteiger partial charge on any atom is -0.497 e. The third-order valence-electron chi connectivity index (χ3n) is 4.37. The van der Waals surface area contributed by atoms with E-state index in [1.54, 1.807) is 7.11 Å². The molecule has 3 heteroatoms. The van der Waals surface area contributed by atoms with E-state index in [9.17, 15) is 0 Å². The van der Waals surface area contributed by atoms with Crippen molar-refractivity contribution in [3.05, 3.63) is 29.8 Å². The van der Waals surface area contributed by atoms with E-state index in [1.807, 2.05) is 12.1 Å². The van der Waals surface area contributed by atoms with Crippen molar-refractivity contribution < 1.29 is 4.74 Å². The average molecular weight is 262 g/mol. The van der Waals surface area contributed by atoms with Gasteiger partial charge in [-0.25, -0.2) is 0 Å². The van der Waals surface area contributed by atoms with Crippen LogP contribution < -0.4 is 10.5 Å². The molecule has 1 aliphatic rings. The van der Waals surface area contributed by atoms with Crippen molar-refractivity contribution in [1.29, 1.82) is 0 Å². The molecular weight excluding hydrogens is 236 g/mol. The maximum Gasteiger partial charge on any atom is 0.118 e. The van der Waals surface area contributed by atoms with Gasteiger partial charge in [0.2, 0.25) is 0 Å². The van der Waals surface area contributed by atoms with Crippen LogP contribution in [0.5, 0.6) is 5.75 Å². The van der Waals surface area contributed by atoms with Gasteiger partial charge in [0.25, 0.3) is 0 Å². The Kier molecular flexibility index (Phi) is 4.48. The van der Waals surface area contributed by atoms with E-state index in [1.165, 1.54) is 25.1 Å². The van der Waals surface area contributed by atoms with Crippen molar-refractivity contribution in [2.24, 2.45) is 11.7 Å². The Morgan fingerprint density at radius 3 is 2.53 bits per heavy atom. The van der Waals surface area contributed by atoms with E-state index < -0.39 is 0 Å². The topological polar surface area (TPSA) is 38.5 Å². The first kappa shape index (κ1) is 14.4. The maximum atomic E-state index is 6.07. The van der Waals surface area contributed by atoms with Gasteiger partial charge in [-0.05, 0) is 49.9 Å². The van der Waals surface area contributed by atoms with Gasteiger partial charge < -0.3 is 10.5 Å². The molecule has 2 atom stereocenters. The highest BCUT2D eigenvalue weighted by atomic mass is 16.5. The fourth-order valence-corrected chi connectivity index (χ4v) is 2.92. The molecule has 0 spiro atoms. The van der Waals surface area contributed by atoms with Crippen LogP contribution in [-0.4, -0.2) is 37.2 Å². The van der Waals surface area contributed by atoms with Gasteiger partial charge in [-0.2, -0.15) is 0 Å². The van der Waals surface area contributed by atoms with E-state index in [-0.39, 0.29) is 5.54 Å². The Morgan fingerprint density at radius 1 is 1.37 bits per heavy atom. The molecule has 0 bridgehead atoms. The number of likely N-dealkylation sites (tertiary alicyclic amines) is 1. The van der Waals surface area contributed by atoms with Crippen LogP contribution in [0, 0.1) is 5.92 Å². The fourth-order valence-electron chi connectivity index (χ4n) is 2.92. The number of nitrogens with zero attached hydrogens (tertiary/aromatic N) is 1. The number of hydrogen-bond donors (Lipinski definition) is 1. The Morgan fingerprint density at radius 2 is 2.05 bits per heavy atom. The molecule has 2 unspecified atom stereocenters. The van der Waals surface area contributed by atoms with Crippen LogP contribution in [0.4, 0.5) is 0 Å². The molecule has 1 aliphatic heterocycles. The van der Waals surface area contributed by atoms with Crippen molar-refractivity contribution in [2.75, 3.05) is 26.7 Å². The van der Waals surface area contributed by atoms with Gasteiger partial charge in [0, 0.05) is 18.6 Å². The lowest BCUT2D eigenvalue weighted by Gasteiger charge is -2.38. The number of nitrogens with two attached hydrogens (primary N) is 1. The highest BCUT2D eigenvalue weighted by Crippen LogP contribution is 2.27. The SMILES string of the molecule is COc1ccc(CC(C)(CN)N2CCC(C)C2)cc1. The molecule has 3 nitrogen and oxygen atoms in total. The van der Waals surface area contributed by atoms with Gasteiger partial charge in [0.15, 0.2) is 0 Å². The number of methoxy groups -OCH3 is 1. The summed E-state index contributed by atoms with van der Waals surface area (Å²) in [6, 6.07) is 8.34. The molecule has 19 heavy (non-hydrogen) atoms. The molecular formula is C16H26N2O. The predicted octanol–water partition coefficient (Wildman–Crippen LogP) is 2.30. The molecule has 2 rings (SSSR count). The third kappa shape index (κ3) is 3.28. The first-order chi connectivity index (χ1) is 9.07. The summed E-state index contributed by atoms with van der Waals surface area (Å²) < 4.78 is 5.20. The van der Waals surface area contributed by atoms with Gasteiger partial charge in [-0.1, -0.05) is 19.1 Å². The lowest BCUT2D eigenvalue weighted by atomic mass is 9.91. The Labute approximate surface area is 116 Å². The first-order valence-corrected chi connectivity index (χ1v) is 7.15. The van der Waals surface area contributed by atoms with Gasteiger partial charge >= 0.3 is 0 Å². The summed E-state index contributed by atoms with van der Waals surface area (Å²) in [7, 11) is 1.70. The zero-order valence-electron chi connectivity index (χ0n) is 12.4. The normalized spacial score (nSPS) is 23.3. The summed E-state index contributed by atoms with van der Waals surface area (Å²) in [5.41, 5.74) is 7.47. The van der Waals surface area contributed by atoms with E-state index in [4.69, 9.17) is 10.5 Å². The molecule has 1 aromatic rings. The number of hydrogen-bond acceptors (Lipinski definition) is 3. The van der Waals surface area contributed by atoms with E-state index >= 15 is 0 Å². The molecule has 1 heterocycles. The molecule has 0 amide bonds. The van der Waals surface area contributed by atoms with Crippen molar-refractivity contribution in [2.45, 2.75) is 32.2 Å². The monoisotopic (exact) mass is 262 g/mol. The molecule has 0 aromatic heterocycles. The predicted molar refractivity (Wildman–Crippen MR) is 79.5 cm³/mol. The van der Waals surface area contributed by atoms with Crippen LogP contribution >= 0.6 is 0 Å². The highest BCUT2D eigenvalue weighted by Gasteiger charge is 2.34. The van der Waals surface area contributed by atoms with Gasteiger partial charge in [0.05, 0.1) is 7.11 Å². The largest absolute Gasteiger partial charge is 0.497 e. The molecule has 0 aliphatic carbocycles. The maximum absolute atomic E-state index is 6.07. The van der Waals surface area contributed by atoms with Crippen LogP contribution in [-0.2, 0) is 6.42 Å². The van der Waals surface area contributed by atoms with Gasteiger partial charge in [-0.15, -0.1) is 0 Å². The number of rotatable bonds is 5. The fraction of sp³-hybridized carbons (Fsp3) is 0.625. The quantitative estimate of drug-likeness (QED) is 0.885. The lowest BCUT2D eigenvalue weighted by molar-refractivity contribution is 0.138. The van der Waals surface area contributed by atoms with E-state index in [2.05, 4.69) is 30.9 Å². The highest BCUT2D eigenvalue weighted by molar-refractivity contribution is 5.28. The summed E-state index contributed by atoms with van der Waals surface area (Å²) >= 11 is 0. The summed E-state index contributed by atoms with van der Waals surface area (Å²) in [6.07, 6.45) is 2.29. The van der Waals surface area contributed by atoms with Crippen molar-refractivity contribution in [3.63, 3.8) is 0 Å². The molecule has 1 saturated heterocycles. The molecule has 2 N–H and O–H groups in total. The molecule has 106 valence electrons. The van der Waals surface area contributed by atoms with Gasteiger partial charge in [-0.3, -0.25) is 4.90 Å². The van der Waals surface area contributed by atoms with Crippen molar-refractivity contribution in [3.8, 4) is 5.75 Å². The molecule has 0 saturated carbocycles. The average Bonchev–Trinajstić information content (AvgIpc) is 2.87. The van der Waals surface area contributed by atoms with Crippen LogP contribution in [0.15, 0.2) is 24.3 Å². The molecule has 0 radical (unpaired) electrons. The van der Waals surface area contributed by atoms with Crippen LogP contribution in [0.1, 0.15) is 25.8 Å². The minimum atomic E-state index is 0.0688. The standard InChI is InChI=1S/C16H26N2O/c1-13-8-9-18(11-13)16(2,12-17)10-14-4-6-15(19-3)7-5-14/h4-7,13H,8-12,17H2,1-3H3. The molecule has 1 aromatic carbocycles. The summed E-state index contributed by atoms with van der Waals surface area (Å²) in [5.74, 6) is 1.70. The summed E-state index contributed by atoms with van der Waals surface area (Å²) in [4.78, 5) is 2.56. The first-order valence-electron chi connectivity index (χ1n) is 7.15. The van der Waals surface area contributed by atoms with Crippen molar-refractivity contribution >= 4 is 0 Å². The number of benzene rings is 1. The third-order valence-corrected chi connectivity index (χ3v) is 4.37. The summed E-state index contributed by atoms with van der Waals surface area (Å²) in [5, 5.41) is 0. The zero-order chi connectivity index (χ0) is 13.9. The summed E-state index contributed by atoms with van der Waals surface area (Å²) in [6.45, 7) is 7.65. The second-order valence-corrected chi connectivity index (χ2v) is 6.07. The Balaban J connectivity index is 2.08.